The lowest BCUT2D eigenvalue weighted by Crippen LogP contribution is -2.38. The van der Waals surface area contributed by atoms with Gasteiger partial charge in [-0.2, -0.15) is 0 Å². The van der Waals surface area contributed by atoms with Gasteiger partial charge in [-0.25, -0.2) is 4.99 Å². The molecule has 0 spiro atoms. The molecule has 3 rings (SSSR count). The fraction of sp³-hybridized carbons (Fsp3) is 0.500. The van der Waals surface area contributed by atoms with E-state index in [1.165, 1.54) is 0 Å². The molecule has 0 aromatic heterocycles. The molecule has 18 heavy (non-hydrogen) atoms. The molecule has 3 nitrogen and oxygen atoms in total. The van der Waals surface area contributed by atoms with Crippen LogP contribution >= 0.6 is 11.6 Å². The van der Waals surface area contributed by atoms with E-state index in [0.29, 0.717) is 11.1 Å². The van der Waals surface area contributed by atoms with E-state index >= 15 is 0 Å². The van der Waals surface area contributed by atoms with E-state index < -0.39 is 6.23 Å². The molecule has 0 bridgehead atoms. The van der Waals surface area contributed by atoms with Crippen LogP contribution in [0.15, 0.2) is 23.2 Å². The molecule has 96 valence electrons. The summed E-state index contributed by atoms with van der Waals surface area (Å²) in [6, 6.07) is 6.06. The van der Waals surface area contributed by atoms with Crippen molar-refractivity contribution in [3.63, 3.8) is 0 Å². The molecule has 1 heterocycles. The largest absolute Gasteiger partial charge is 0.369 e. The van der Waals surface area contributed by atoms with Gasteiger partial charge in [0.05, 0.1) is 10.7 Å². The zero-order valence-electron chi connectivity index (χ0n) is 10.4. The fourth-order valence-corrected chi connectivity index (χ4v) is 2.79. The van der Waals surface area contributed by atoms with Crippen molar-refractivity contribution in [1.82, 2.24) is 4.90 Å². The van der Waals surface area contributed by atoms with Gasteiger partial charge in [0, 0.05) is 18.0 Å². The quantitative estimate of drug-likeness (QED) is 0.905. The minimum atomic E-state index is -0.639. The first kappa shape index (κ1) is 12.0. The van der Waals surface area contributed by atoms with Crippen molar-refractivity contribution in [2.75, 3.05) is 0 Å². The summed E-state index contributed by atoms with van der Waals surface area (Å²) >= 11 is 6.20. The van der Waals surface area contributed by atoms with Crippen LogP contribution in [0.3, 0.4) is 0 Å². The summed E-state index contributed by atoms with van der Waals surface area (Å²) in [5.41, 5.74) is 1.57. The van der Waals surface area contributed by atoms with E-state index in [2.05, 4.69) is 16.8 Å². The number of fused-ring (bicyclic) bond motifs is 1. The summed E-state index contributed by atoms with van der Waals surface area (Å²) in [5.74, 6) is 1.00. The van der Waals surface area contributed by atoms with Crippen LogP contribution in [0.5, 0.6) is 0 Å². The number of rotatable bonds is 3. The summed E-state index contributed by atoms with van der Waals surface area (Å²) in [5, 5.41) is 11.2. The number of aliphatic hydroxyl groups excluding tert-OH is 1. The second-order valence-electron chi connectivity index (χ2n) is 4.96. The molecule has 2 aliphatic rings. The Bertz CT molecular complexity index is 497. The van der Waals surface area contributed by atoms with Gasteiger partial charge in [-0.05, 0) is 31.4 Å². The van der Waals surface area contributed by atoms with Crippen LogP contribution in [-0.2, 0) is 0 Å². The maximum atomic E-state index is 10.6. The Balaban J connectivity index is 2.07. The van der Waals surface area contributed by atoms with Gasteiger partial charge in [-0.3, -0.25) is 0 Å². The Labute approximate surface area is 112 Å². The SMILES string of the molecule is CCCC1=Nc2cccc(Cl)c2C(O)N1C1CC1. The molecule has 1 aromatic rings. The van der Waals surface area contributed by atoms with Crippen LogP contribution in [0.2, 0.25) is 5.02 Å². The molecule has 1 N–H and O–H groups in total. The molecule has 1 fully saturated rings. The predicted molar refractivity (Wildman–Crippen MR) is 73.3 cm³/mol. The van der Waals surface area contributed by atoms with Gasteiger partial charge in [-0.1, -0.05) is 24.6 Å². The number of aliphatic hydroxyl groups is 1. The number of hydrogen-bond donors (Lipinski definition) is 1. The Hall–Kier alpha value is -1.06. The molecule has 0 amide bonds. The van der Waals surface area contributed by atoms with E-state index in [4.69, 9.17) is 11.6 Å². The van der Waals surface area contributed by atoms with Gasteiger partial charge >= 0.3 is 0 Å². The Morgan fingerprint density at radius 3 is 2.89 bits per heavy atom. The smallest absolute Gasteiger partial charge is 0.157 e. The van der Waals surface area contributed by atoms with Crippen LogP contribution in [0.25, 0.3) is 0 Å². The van der Waals surface area contributed by atoms with E-state index in [0.717, 1.165) is 42.8 Å². The zero-order valence-corrected chi connectivity index (χ0v) is 11.2. The number of benzene rings is 1. The molecular formula is C14H17ClN2O. The average molecular weight is 265 g/mol. The molecule has 4 heteroatoms. The molecule has 1 aliphatic carbocycles. The second-order valence-corrected chi connectivity index (χ2v) is 5.37. The number of aliphatic imine (C=N–C) groups is 1. The maximum Gasteiger partial charge on any atom is 0.157 e. The average Bonchev–Trinajstić information content (AvgIpc) is 3.13. The summed E-state index contributed by atoms with van der Waals surface area (Å²) in [6.07, 6.45) is 3.57. The lowest BCUT2D eigenvalue weighted by molar-refractivity contribution is 0.0438. The third-order valence-corrected chi connectivity index (χ3v) is 3.84. The van der Waals surface area contributed by atoms with Crippen LogP contribution in [0, 0.1) is 0 Å². The summed E-state index contributed by atoms with van der Waals surface area (Å²) in [7, 11) is 0. The van der Waals surface area contributed by atoms with Crippen LogP contribution < -0.4 is 0 Å². The number of nitrogens with zero attached hydrogens (tertiary/aromatic N) is 2. The standard InChI is InChI=1S/C14H17ClN2O/c1-2-4-12-16-11-6-3-5-10(15)13(11)14(18)17(12)9-7-8-9/h3,5-6,9,14,18H,2,4,7-8H2,1H3. The van der Waals surface area contributed by atoms with Gasteiger partial charge in [0.15, 0.2) is 6.23 Å². The molecule has 0 saturated heterocycles. The van der Waals surface area contributed by atoms with E-state index in [9.17, 15) is 5.11 Å². The van der Waals surface area contributed by atoms with Crippen molar-refractivity contribution in [3.05, 3.63) is 28.8 Å². The number of halogens is 1. The lowest BCUT2D eigenvalue weighted by atomic mass is 10.1. The highest BCUT2D eigenvalue weighted by atomic mass is 35.5. The first-order valence-corrected chi connectivity index (χ1v) is 6.92. The molecule has 0 radical (unpaired) electrons. The van der Waals surface area contributed by atoms with Gasteiger partial charge in [-0.15, -0.1) is 0 Å². The van der Waals surface area contributed by atoms with E-state index in [-0.39, 0.29) is 0 Å². The van der Waals surface area contributed by atoms with Crippen molar-refractivity contribution in [2.24, 2.45) is 4.99 Å². The van der Waals surface area contributed by atoms with Crippen LogP contribution in [0.1, 0.15) is 44.4 Å². The first-order chi connectivity index (χ1) is 8.72. The molecule has 1 saturated carbocycles. The summed E-state index contributed by atoms with van der Waals surface area (Å²) < 4.78 is 0. The number of amidine groups is 1. The Kier molecular flexibility index (Phi) is 3.04. The minimum Gasteiger partial charge on any atom is -0.369 e. The topological polar surface area (TPSA) is 35.8 Å². The third-order valence-electron chi connectivity index (χ3n) is 3.51. The van der Waals surface area contributed by atoms with Gasteiger partial charge in [0.1, 0.15) is 5.84 Å². The number of hydrogen-bond acceptors (Lipinski definition) is 3. The second kappa shape index (κ2) is 4.56. The van der Waals surface area contributed by atoms with Gasteiger partial charge in [0.25, 0.3) is 0 Å². The minimum absolute atomic E-state index is 0.440. The Morgan fingerprint density at radius 1 is 1.44 bits per heavy atom. The highest BCUT2D eigenvalue weighted by Gasteiger charge is 2.39. The predicted octanol–water partition coefficient (Wildman–Crippen LogP) is 3.64. The lowest BCUT2D eigenvalue weighted by Gasteiger charge is -2.35. The normalized spacial score (nSPS) is 22.7. The highest BCUT2D eigenvalue weighted by molar-refractivity contribution is 6.31. The van der Waals surface area contributed by atoms with Gasteiger partial charge in [0.2, 0.25) is 0 Å². The van der Waals surface area contributed by atoms with Crippen LogP contribution in [0.4, 0.5) is 5.69 Å². The van der Waals surface area contributed by atoms with Crippen molar-refractivity contribution in [1.29, 1.82) is 0 Å². The molecule has 1 unspecified atom stereocenters. The fourth-order valence-electron chi connectivity index (χ4n) is 2.53. The molecule has 1 aliphatic heterocycles. The van der Waals surface area contributed by atoms with Crippen molar-refractivity contribution >= 4 is 23.1 Å². The molecule has 1 aromatic carbocycles. The van der Waals surface area contributed by atoms with Crippen molar-refractivity contribution in [2.45, 2.75) is 44.9 Å². The van der Waals surface area contributed by atoms with Crippen LogP contribution in [-0.4, -0.2) is 21.9 Å². The van der Waals surface area contributed by atoms with Gasteiger partial charge < -0.3 is 10.0 Å². The third kappa shape index (κ3) is 1.91. The summed E-state index contributed by atoms with van der Waals surface area (Å²) in [6.45, 7) is 2.13. The monoisotopic (exact) mass is 264 g/mol. The zero-order chi connectivity index (χ0) is 12.7. The van der Waals surface area contributed by atoms with E-state index in [1.54, 1.807) is 0 Å². The summed E-state index contributed by atoms with van der Waals surface area (Å²) in [4.78, 5) is 6.74. The Morgan fingerprint density at radius 2 is 2.22 bits per heavy atom. The maximum absolute atomic E-state index is 10.6. The van der Waals surface area contributed by atoms with E-state index in [1.807, 2.05) is 18.2 Å². The molecular weight excluding hydrogens is 248 g/mol. The van der Waals surface area contributed by atoms with Crippen molar-refractivity contribution < 1.29 is 5.11 Å². The molecule has 1 atom stereocenters. The highest BCUT2D eigenvalue weighted by Crippen LogP contribution is 2.43. The first-order valence-electron chi connectivity index (χ1n) is 6.54. The van der Waals surface area contributed by atoms with Crippen molar-refractivity contribution in [3.8, 4) is 0 Å².